The molecule has 25 heavy (non-hydrogen) atoms. The average Bonchev–Trinajstić information content (AvgIpc) is 2.63. The van der Waals surface area contributed by atoms with Gasteiger partial charge in [0.1, 0.15) is 5.69 Å². The lowest BCUT2D eigenvalue weighted by atomic mass is 10.0. The maximum atomic E-state index is 12.6. The zero-order chi connectivity index (χ0) is 18.4. The number of carbonyl (C=O) groups is 2. The van der Waals surface area contributed by atoms with Gasteiger partial charge in [0.15, 0.2) is 0 Å². The third-order valence-corrected chi connectivity index (χ3v) is 4.12. The molecule has 2 rings (SSSR count). The smallest absolute Gasteiger partial charge is 0.272 e. The van der Waals surface area contributed by atoms with Crippen molar-refractivity contribution in [2.75, 3.05) is 18.4 Å². The van der Waals surface area contributed by atoms with Gasteiger partial charge in [-0.25, -0.2) is 0 Å². The van der Waals surface area contributed by atoms with Crippen LogP contribution in [-0.2, 0) is 0 Å². The van der Waals surface area contributed by atoms with Crippen LogP contribution >= 0.6 is 0 Å². The molecule has 2 aromatic rings. The van der Waals surface area contributed by atoms with Crippen molar-refractivity contribution in [2.45, 2.75) is 33.6 Å². The molecular weight excluding hydrogens is 314 g/mol. The highest BCUT2D eigenvalue weighted by molar-refractivity contribution is 6.06. The molecule has 5 heteroatoms. The summed E-state index contributed by atoms with van der Waals surface area (Å²) in [7, 11) is 0. The first-order chi connectivity index (χ1) is 12.0. The number of hydrogen-bond acceptors (Lipinski definition) is 3. The third kappa shape index (κ3) is 4.44. The SMILES string of the molecule is CCN(CC)C(=O)c1cc(C(=O)Nc2ccccc2C(C)C)ccn1. The fraction of sp³-hybridized carbons (Fsp3) is 0.350. The highest BCUT2D eigenvalue weighted by Gasteiger charge is 2.17. The van der Waals surface area contributed by atoms with Crippen LogP contribution in [0.1, 0.15) is 60.0 Å². The van der Waals surface area contributed by atoms with E-state index < -0.39 is 0 Å². The second-order valence-electron chi connectivity index (χ2n) is 6.10. The summed E-state index contributed by atoms with van der Waals surface area (Å²) in [4.78, 5) is 30.8. The quantitative estimate of drug-likeness (QED) is 0.867. The average molecular weight is 339 g/mol. The third-order valence-electron chi connectivity index (χ3n) is 4.12. The topological polar surface area (TPSA) is 62.3 Å². The number of rotatable bonds is 6. The Labute approximate surface area is 149 Å². The van der Waals surface area contributed by atoms with Crippen molar-refractivity contribution in [3.05, 3.63) is 59.4 Å². The molecule has 0 spiro atoms. The highest BCUT2D eigenvalue weighted by atomic mass is 16.2. The first kappa shape index (κ1) is 18.6. The molecule has 0 saturated carbocycles. The van der Waals surface area contributed by atoms with Gasteiger partial charge in [-0.2, -0.15) is 0 Å². The molecule has 0 aliphatic heterocycles. The van der Waals surface area contributed by atoms with Crippen LogP contribution in [0.5, 0.6) is 0 Å². The van der Waals surface area contributed by atoms with E-state index in [0.717, 1.165) is 11.3 Å². The molecule has 1 heterocycles. The van der Waals surface area contributed by atoms with Crippen LogP contribution in [0.15, 0.2) is 42.6 Å². The van der Waals surface area contributed by atoms with Crippen LogP contribution in [0, 0.1) is 0 Å². The van der Waals surface area contributed by atoms with Crippen LogP contribution < -0.4 is 5.32 Å². The van der Waals surface area contributed by atoms with E-state index in [1.807, 2.05) is 38.1 Å². The first-order valence-corrected chi connectivity index (χ1v) is 8.63. The molecule has 0 bridgehead atoms. The van der Waals surface area contributed by atoms with E-state index in [2.05, 4.69) is 24.1 Å². The lowest BCUT2D eigenvalue weighted by molar-refractivity contribution is 0.0767. The number of amides is 2. The van der Waals surface area contributed by atoms with Crippen molar-refractivity contribution < 1.29 is 9.59 Å². The zero-order valence-corrected chi connectivity index (χ0v) is 15.2. The Kier molecular flexibility index (Phi) is 6.28. The number of para-hydroxylation sites is 1. The molecule has 0 saturated heterocycles. The number of nitrogens with zero attached hydrogens (tertiary/aromatic N) is 2. The minimum absolute atomic E-state index is 0.165. The van der Waals surface area contributed by atoms with E-state index in [0.29, 0.717) is 24.6 Å². The van der Waals surface area contributed by atoms with Gasteiger partial charge in [0, 0.05) is 30.5 Å². The van der Waals surface area contributed by atoms with Gasteiger partial charge in [0.25, 0.3) is 11.8 Å². The van der Waals surface area contributed by atoms with Crippen LogP contribution in [-0.4, -0.2) is 34.8 Å². The Bertz CT molecular complexity index is 752. The standard InChI is InChI=1S/C20H25N3O2/c1-5-23(6-2)20(25)18-13-15(11-12-21-18)19(24)22-17-10-8-7-9-16(17)14(3)4/h7-14H,5-6H2,1-4H3,(H,22,24). The van der Waals surface area contributed by atoms with Crippen LogP contribution in [0.3, 0.4) is 0 Å². The van der Waals surface area contributed by atoms with Gasteiger partial charge < -0.3 is 10.2 Å². The molecule has 0 atom stereocenters. The minimum Gasteiger partial charge on any atom is -0.338 e. The van der Waals surface area contributed by atoms with Gasteiger partial charge in [0.05, 0.1) is 0 Å². The zero-order valence-electron chi connectivity index (χ0n) is 15.2. The summed E-state index contributed by atoms with van der Waals surface area (Å²) in [5.74, 6) is -0.111. The van der Waals surface area contributed by atoms with E-state index in [1.165, 1.54) is 6.20 Å². The second-order valence-corrected chi connectivity index (χ2v) is 6.10. The molecule has 132 valence electrons. The maximum Gasteiger partial charge on any atom is 0.272 e. The Balaban J connectivity index is 2.24. The summed E-state index contributed by atoms with van der Waals surface area (Å²) in [6, 6.07) is 10.9. The molecule has 2 amide bonds. The van der Waals surface area contributed by atoms with Crippen molar-refractivity contribution in [2.24, 2.45) is 0 Å². The van der Waals surface area contributed by atoms with E-state index in [1.54, 1.807) is 17.0 Å². The van der Waals surface area contributed by atoms with E-state index in [-0.39, 0.29) is 17.5 Å². The van der Waals surface area contributed by atoms with Crippen LogP contribution in [0.4, 0.5) is 5.69 Å². The summed E-state index contributed by atoms with van der Waals surface area (Å²) >= 11 is 0. The molecule has 0 aliphatic rings. The first-order valence-electron chi connectivity index (χ1n) is 8.63. The van der Waals surface area contributed by atoms with Gasteiger partial charge >= 0.3 is 0 Å². The lowest BCUT2D eigenvalue weighted by Gasteiger charge is -2.18. The Morgan fingerprint density at radius 2 is 1.80 bits per heavy atom. The van der Waals surface area contributed by atoms with Crippen LogP contribution in [0.25, 0.3) is 0 Å². The van der Waals surface area contributed by atoms with Gasteiger partial charge in [-0.05, 0) is 43.5 Å². The Morgan fingerprint density at radius 1 is 1.12 bits per heavy atom. The molecule has 0 radical (unpaired) electrons. The normalized spacial score (nSPS) is 10.6. The van der Waals surface area contributed by atoms with Gasteiger partial charge in [-0.3, -0.25) is 14.6 Å². The molecular formula is C20H25N3O2. The Morgan fingerprint density at radius 3 is 2.44 bits per heavy atom. The summed E-state index contributed by atoms with van der Waals surface area (Å²) in [6.07, 6.45) is 1.50. The molecule has 0 unspecified atom stereocenters. The lowest BCUT2D eigenvalue weighted by Crippen LogP contribution is -2.31. The highest BCUT2D eigenvalue weighted by Crippen LogP contribution is 2.24. The number of benzene rings is 1. The molecule has 0 fully saturated rings. The van der Waals surface area contributed by atoms with E-state index in [4.69, 9.17) is 0 Å². The summed E-state index contributed by atoms with van der Waals surface area (Å²) in [6.45, 7) is 9.21. The van der Waals surface area contributed by atoms with Crippen molar-refractivity contribution in [1.29, 1.82) is 0 Å². The number of carbonyl (C=O) groups excluding carboxylic acids is 2. The maximum absolute atomic E-state index is 12.6. The molecule has 1 aromatic carbocycles. The van der Waals surface area contributed by atoms with Crippen molar-refractivity contribution >= 4 is 17.5 Å². The monoisotopic (exact) mass is 339 g/mol. The number of aromatic nitrogens is 1. The van der Waals surface area contributed by atoms with Gasteiger partial charge in [-0.1, -0.05) is 32.0 Å². The number of nitrogens with one attached hydrogen (secondary N) is 1. The van der Waals surface area contributed by atoms with Crippen LogP contribution in [0.2, 0.25) is 0 Å². The molecule has 1 N–H and O–H groups in total. The van der Waals surface area contributed by atoms with Crippen molar-refractivity contribution in [3.8, 4) is 0 Å². The van der Waals surface area contributed by atoms with Crippen molar-refractivity contribution in [1.82, 2.24) is 9.88 Å². The second kappa shape index (κ2) is 8.42. The van der Waals surface area contributed by atoms with Gasteiger partial charge in [-0.15, -0.1) is 0 Å². The fourth-order valence-electron chi connectivity index (χ4n) is 2.67. The predicted octanol–water partition coefficient (Wildman–Crippen LogP) is 3.94. The predicted molar refractivity (Wildman–Crippen MR) is 100.0 cm³/mol. The van der Waals surface area contributed by atoms with Crippen molar-refractivity contribution in [3.63, 3.8) is 0 Å². The summed E-state index contributed by atoms with van der Waals surface area (Å²) < 4.78 is 0. The van der Waals surface area contributed by atoms with Gasteiger partial charge in [0.2, 0.25) is 0 Å². The number of hydrogen-bond donors (Lipinski definition) is 1. The number of anilines is 1. The molecule has 5 nitrogen and oxygen atoms in total. The molecule has 1 aromatic heterocycles. The fourth-order valence-corrected chi connectivity index (χ4v) is 2.67. The summed E-state index contributed by atoms with van der Waals surface area (Å²) in [5.41, 5.74) is 2.57. The molecule has 0 aliphatic carbocycles. The minimum atomic E-state index is -0.246. The number of pyridine rings is 1. The largest absolute Gasteiger partial charge is 0.338 e. The summed E-state index contributed by atoms with van der Waals surface area (Å²) in [5, 5.41) is 2.94. The Hall–Kier alpha value is -2.69. The van der Waals surface area contributed by atoms with E-state index >= 15 is 0 Å². The van der Waals surface area contributed by atoms with E-state index in [9.17, 15) is 9.59 Å².